The molecule has 1 amide bonds. The highest BCUT2D eigenvalue weighted by molar-refractivity contribution is 6.30. The molecule has 0 bridgehead atoms. The van der Waals surface area contributed by atoms with Crippen LogP contribution in [-0.4, -0.2) is 37.6 Å². The summed E-state index contributed by atoms with van der Waals surface area (Å²) in [5.74, 6) is 0.817. The third kappa shape index (κ3) is 5.93. The van der Waals surface area contributed by atoms with Crippen molar-refractivity contribution in [3.05, 3.63) is 59.1 Å². The number of rotatable bonds is 7. The van der Waals surface area contributed by atoms with E-state index in [1.807, 2.05) is 43.1 Å². The number of likely N-dealkylation sites (N-methyl/N-ethyl adjacent to an activating group) is 1. The number of ether oxygens (including phenoxy) is 1. The van der Waals surface area contributed by atoms with E-state index >= 15 is 0 Å². The first-order valence-corrected chi connectivity index (χ1v) is 7.85. The van der Waals surface area contributed by atoms with E-state index in [2.05, 4.69) is 5.32 Å². The molecule has 0 aliphatic carbocycles. The number of amides is 1. The van der Waals surface area contributed by atoms with Gasteiger partial charge in [0.1, 0.15) is 12.4 Å². The smallest absolute Gasteiger partial charge is 0.238 e. The lowest BCUT2D eigenvalue weighted by molar-refractivity contribution is -0.117. The molecule has 0 heterocycles. The highest BCUT2D eigenvalue weighted by Crippen LogP contribution is 2.16. The van der Waals surface area contributed by atoms with Crippen molar-refractivity contribution >= 4 is 23.2 Å². The maximum absolute atomic E-state index is 12.0. The Balaban J connectivity index is 1.71. The van der Waals surface area contributed by atoms with E-state index in [0.717, 1.165) is 17.0 Å². The fraction of sp³-hybridized carbons (Fsp3) is 0.278. The summed E-state index contributed by atoms with van der Waals surface area (Å²) in [6.07, 6.45) is 0. The molecule has 23 heavy (non-hydrogen) atoms. The van der Waals surface area contributed by atoms with Crippen LogP contribution in [0.4, 0.5) is 5.69 Å². The lowest BCUT2D eigenvalue weighted by atomic mass is 10.2. The Morgan fingerprint density at radius 2 is 1.87 bits per heavy atom. The van der Waals surface area contributed by atoms with Crippen LogP contribution in [0.25, 0.3) is 0 Å². The van der Waals surface area contributed by atoms with Crippen LogP contribution >= 0.6 is 11.6 Å². The van der Waals surface area contributed by atoms with Crippen molar-refractivity contribution in [3.63, 3.8) is 0 Å². The number of aryl methyl sites for hydroxylation is 1. The number of anilines is 1. The van der Waals surface area contributed by atoms with Crippen LogP contribution in [0.1, 0.15) is 5.56 Å². The lowest BCUT2D eigenvalue weighted by Crippen LogP contribution is -2.33. The summed E-state index contributed by atoms with van der Waals surface area (Å²) in [5, 5.41) is 3.48. The minimum absolute atomic E-state index is 0.0642. The van der Waals surface area contributed by atoms with Gasteiger partial charge in [-0.1, -0.05) is 29.8 Å². The molecule has 0 aliphatic rings. The van der Waals surface area contributed by atoms with Gasteiger partial charge in [-0.25, -0.2) is 0 Å². The fourth-order valence-corrected chi connectivity index (χ4v) is 2.21. The molecule has 0 fully saturated rings. The Morgan fingerprint density at radius 1 is 1.17 bits per heavy atom. The molecule has 0 atom stereocenters. The second-order valence-corrected chi connectivity index (χ2v) is 5.84. The molecule has 2 rings (SSSR count). The van der Waals surface area contributed by atoms with Gasteiger partial charge in [-0.15, -0.1) is 0 Å². The van der Waals surface area contributed by atoms with Gasteiger partial charge in [-0.3, -0.25) is 9.69 Å². The normalized spacial score (nSPS) is 10.6. The van der Waals surface area contributed by atoms with E-state index in [-0.39, 0.29) is 5.91 Å². The Morgan fingerprint density at radius 3 is 2.57 bits per heavy atom. The zero-order chi connectivity index (χ0) is 16.7. The van der Waals surface area contributed by atoms with Gasteiger partial charge in [-0.2, -0.15) is 0 Å². The Hall–Kier alpha value is -2.04. The number of carbonyl (C=O) groups excluding carboxylic acids is 1. The van der Waals surface area contributed by atoms with Crippen LogP contribution < -0.4 is 10.1 Å². The summed E-state index contributed by atoms with van der Waals surface area (Å²) in [6.45, 7) is 3.52. The average molecular weight is 333 g/mol. The van der Waals surface area contributed by atoms with Gasteiger partial charge in [0.2, 0.25) is 5.91 Å². The molecule has 0 spiro atoms. The largest absolute Gasteiger partial charge is 0.492 e. The minimum Gasteiger partial charge on any atom is -0.492 e. The van der Waals surface area contributed by atoms with Crippen LogP contribution in [0.2, 0.25) is 5.02 Å². The average Bonchev–Trinajstić information content (AvgIpc) is 2.51. The number of carbonyl (C=O) groups is 1. The highest BCUT2D eigenvalue weighted by atomic mass is 35.5. The molecule has 4 nitrogen and oxygen atoms in total. The minimum atomic E-state index is -0.0642. The monoisotopic (exact) mass is 332 g/mol. The summed E-state index contributed by atoms with van der Waals surface area (Å²) >= 11 is 5.82. The summed E-state index contributed by atoms with van der Waals surface area (Å²) < 4.78 is 5.73. The summed E-state index contributed by atoms with van der Waals surface area (Å²) in [5.41, 5.74) is 1.85. The van der Waals surface area contributed by atoms with E-state index in [4.69, 9.17) is 16.3 Å². The van der Waals surface area contributed by atoms with E-state index in [9.17, 15) is 4.79 Å². The van der Waals surface area contributed by atoms with Gasteiger partial charge in [0.15, 0.2) is 0 Å². The molecule has 0 aromatic heterocycles. The molecule has 0 unspecified atom stereocenters. The van der Waals surface area contributed by atoms with E-state index in [0.29, 0.717) is 24.7 Å². The summed E-state index contributed by atoms with van der Waals surface area (Å²) in [4.78, 5) is 13.9. The van der Waals surface area contributed by atoms with Crippen LogP contribution in [0, 0.1) is 6.92 Å². The first-order valence-electron chi connectivity index (χ1n) is 7.47. The van der Waals surface area contributed by atoms with Crippen molar-refractivity contribution in [1.82, 2.24) is 4.90 Å². The zero-order valence-corrected chi connectivity index (χ0v) is 14.1. The number of nitrogens with zero attached hydrogens (tertiary/aromatic N) is 1. The van der Waals surface area contributed by atoms with Gasteiger partial charge in [0, 0.05) is 17.3 Å². The predicted octanol–water partition coefficient (Wildman–Crippen LogP) is 3.60. The molecule has 1 N–H and O–H groups in total. The van der Waals surface area contributed by atoms with E-state index < -0.39 is 0 Å². The second-order valence-electron chi connectivity index (χ2n) is 5.41. The quantitative estimate of drug-likeness (QED) is 0.842. The fourth-order valence-electron chi connectivity index (χ4n) is 2.09. The molecule has 0 radical (unpaired) electrons. The van der Waals surface area contributed by atoms with E-state index in [1.165, 1.54) is 0 Å². The summed E-state index contributed by atoms with van der Waals surface area (Å²) in [6, 6.07) is 14.9. The number of para-hydroxylation sites is 1. The van der Waals surface area contributed by atoms with Crippen molar-refractivity contribution in [2.24, 2.45) is 0 Å². The Labute approximate surface area is 142 Å². The SMILES string of the molecule is Cc1ccccc1OCCN(C)CC(=O)Nc1ccc(Cl)cc1. The first-order chi connectivity index (χ1) is 11.0. The van der Waals surface area contributed by atoms with Gasteiger partial charge in [0.05, 0.1) is 6.54 Å². The molecule has 0 saturated heterocycles. The summed E-state index contributed by atoms with van der Waals surface area (Å²) in [7, 11) is 1.89. The van der Waals surface area contributed by atoms with Crippen molar-refractivity contribution in [2.45, 2.75) is 6.92 Å². The maximum Gasteiger partial charge on any atom is 0.238 e. The molecule has 5 heteroatoms. The van der Waals surface area contributed by atoms with E-state index in [1.54, 1.807) is 24.3 Å². The van der Waals surface area contributed by atoms with Gasteiger partial charge < -0.3 is 10.1 Å². The molecular weight excluding hydrogens is 312 g/mol. The maximum atomic E-state index is 12.0. The van der Waals surface area contributed by atoms with Crippen molar-refractivity contribution < 1.29 is 9.53 Å². The molecule has 0 saturated carbocycles. The predicted molar refractivity (Wildman–Crippen MR) is 94.3 cm³/mol. The Bertz CT molecular complexity index is 644. The van der Waals surface area contributed by atoms with Gasteiger partial charge in [0.25, 0.3) is 0 Å². The second kappa shape index (κ2) is 8.56. The van der Waals surface area contributed by atoms with Crippen molar-refractivity contribution in [3.8, 4) is 5.75 Å². The van der Waals surface area contributed by atoms with Crippen LogP contribution in [-0.2, 0) is 4.79 Å². The third-order valence-corrected chi connectivity index (χ3v) is 3.62. The molecule has 2 aromatic rings. The standard InChI is InChI=1S/C18H21ClN2O2/c1-14-5-3-4-6-17(14)23-12-11-21(2)13-18(22)20-16-9-7-15(19)8-10-16/h3-10H,11-13H2,1-2H3,(H,20,22). The van der Waals surface area contributed by atoms with Gasteiger partial charge >= 0.3 is 0 Å². The lowest BCUT2D eigenvalue weighted by Gasteiger charge is -2.17. The van der Waals surface area contributed by atoms with Crippen LogP contribution in [0.15, 0.2) is 48.5 Å². The van der Waals surface area contributed by atoms with Crippen LogP contribution in [0.5, 0.6) is 5.75 Å². The Kier molecular flexibility index (Phi) is 6.44. The molecule has 2 aromatic carbocycles. The molecular formula is C18H21ClN2O2. The molecule has 122 valence electrons. The number of benzene rings is 2. The third-order valence-electron chi connectivity index (χ3n) is 3.37. The van der Waals surface area contributed by atoms with Crippen LogP contribution in [0.3, 0.4) is 0 Å². The van der Waals surface area contributed by atoms with Crippen molar-refractivity contribution in [1.29, 1.82) is 0 Å². The number of nitrogens with one attached hydrogen (secondary N) is 1. The van der Waals surface area contributed by atoms with Crippen molar-refractivity contribution in [2.75, 3.05) is 32.1 Å². The first kappa shape index (κ1) is 17.3. The number of hydrogen-bond donors (Lipinski definition) is 1. The topological polar surface area (TPSA) is 41.6 Å². The molecule has 0 aliphatic heterocycles. The zero-order valence-electron chi connectivity index (χ0n) is 13.4. The number of hydrogen-bond acceptors (Lipinski definition) is 3. The van der Waals surface area contributed by atoms with Gasteiger partial charge in [-0.05, 0) is 49.9 Å². The highest BCUT2D eigenvalue weighted by Gasteiger charge is 2.07. The number of halogens is 1.